The van der Waals surface area contributed by atoms with E-state index in [1.165, 1.54) is 11.0 Å². The van der Waals surface area contributed by atoms with E-state index >= 15 is 0 Å². The highest BCUT2D eigenvalue weighted by molar-refractivity contribution is 5.86. The van der Waals surface area contributed by atoms with Crippen LogP contribution in [0.15, 0.2) is 69.5 Å². The molecule has 0 spiro atoms. The SMILES string of the molecule is Cc1c(-c2nc3cc(CN4CCC[C@H]4C(=O)O)c(OC(F)F)cc3o2)cccc1-c1cccc(-c2nc3cc(CN4CC(O)(C(F)(F)F)C4)cc(C#N)c3o2)c1C. The van der Waals surface area contributed by atoms with Crippen molar-refractivity contribution in [3.05, 3.63) is 88.5 Å². The molecule has 16 heteroatoms. The number of β-amino-alcohol motifs (C(OH)–C–C–N with tert-alkyl or cyclic N) is 1. The van der Waals surface area contributed by atoms with E-state index in [0.29, 0.717) is 52.7 Å². The largest absolute Gasteiger partial charge is 0.480 e. The summed E-state index contributed by atoms with van der Waals surface area (Å²) >= 11 is 0. The number of alkyl halides is 5. The van der Waals surface area contributed by atoms with Crippen molar-refractivity contribution in [2.24, 2.45) is 0 Å². The average molecular weight is 788 g/mol. The number of aliphatic carboxylic acids is 1. The fourth-order valence-electron chi connectivity index (χ4n) is 7.90. The number of nitriles is 1. The van der Waals surface area contributed by atoms with E-state index in [0.717, 1.165) is 22.3 Å². The zero-order valence-corrected chi connectivity index (χ0v) is 30.5. The second-order valence-electron chi connectivity index (χ2n) is 14.5. The fourth-order valence-corrected chi connectivity index (χ4v) is 7.90. The number of hydrogen-bond acceptors (Lipinski definition) is 10. The second-order valence-corrected chi connectivity index (χ2v) is 14.5. The topological polar surface area (TPSA) is 149 Å². The number of rotatable bonds is 10. The molecule has 1 atom stereocenters. The van der Waals surface area contributed by atoms with E-state index in [9.17, 15) is 42.2 Å². The number of likely N-dealkylation sites (tertiary alicyclic amines) is 2. The number of ether oxygens (including phenoxy) is 1. The number of carboxylic acid groups (broad SMARTS) is 1. The third-order valence-corrected chi connectivity index (χ3v) is 10.8. The van der Waals surface area contributed by atoms with E-state index < -0.39 is 43.5 Å². The molecular formula is C41H34F5N5O6. The maximum atomic E-state index is 13.5. The average Bonchev–Trinajstić information content (AvgIpc) is 3.89. The molecule has 6 aromatic rings. The Morgan fingerprint density at radius 2 is 1.60 bits per heavy atom. The Hall–Kier alpha value is -5.89. The van der Waals surface area contributed by atoms with Gasteiger partial charge < -0.3 is 23.8 Å². The van der Waals surface area contributed by atoms with Crippen LogP contribution in [0.25, 0.3) is 56.2 Å². The molecule has 4 aromatic carbocycles. The van der Waals surface area contributed by atoms with Crippen molar-refractivity contribution in [2.75, 3.05) is 19.6 Å². The molecule has 0 amide bonds. The number of carbonyl (C=O) groups is 1. The van der Waals surface area contributed by atoms with Gasteiger partial charge in [0.05, 0.1) is 5.56 Å². The number of oxazole rings is 2. The third kappa shape index (κ3) is 6.96. The lowest BCUT2D eigenvalue weighted by Crippen LogP contribution is -2.68. The van der Waals surface area contributed by atoms with Crippen LogP contribution in [0, 0.1) is 25.2 Å². The van der Waals surface area contributed by atoms with Crippen LogP contribution in [-0.2, 0) is 17.9 Å². The van der Waals surface area contributed by atoms with Crippen molar-refractivity contribution in [1.82, 2.24) is 19.8 Å². The fraction of sp³-hybridized carbons (Fsp3) is 0.317. The number of benzene rings is 4. The summed E-state index contributed by atoms with van der Waals surface area (Å²) in [6.45, 7) is 0.184. The Bertz CT molecular complexity index is 2590. The first-order valence-electron chi connectivity index (χ1n) is 18.0. The number of aromatic nitrogens is 2. The van der Waals surface area contributed by atoms with Gasteiger partial charge in [-0.15, -0.1) is 0 Å². The maximum Gasteiger partial charge on any atom is 0.419 e. The summed E-state index contributed by atoms with van der Waals surface area (Å²) in [4.78, 5) is 24.3. The highest BCUT2D eigenvalue weighted by Crippen LogP contribution is 2.41. The molecule has 0 unspecified atom stereocenters. The smallest absolute Gasteiger partial charge is 0.419 e. The van der Waals surface area contributed by atoms with Gasteiger partial charge in [0.2, 0.25) is 11.8 Å². The molecular weight excluding hydrogens is 753 g/mol. The van der Waals surface area contributed by atoms with Gasteiger partial charge in [-0.2, -0.15) is 27.2 Å². The number of halogens is 5. The zero-order valence-electron chi connectivity index (χ0n) is 30.5. The van der Waals surface area contributed by atoms with E-state index in [4.69, 9.17) is 18.6 Å². The number of carboxylic acids is 1. The van der Waals surface area contributed by atoms with Crippen molar-refractivity contribution in [2.45, 2.75) is 64.2 Å². The van der Waals surface area contributed by atoms with Crippen molar-refractivity contribution in [3.63, 3.8) is 0 Å². The summed E-state index contributed by atoms with van der Waals surface area (Å²) in [5.74, 6) is -0.622. The Morgan fingerprint density at radius 3 is 2.21 bits per heavy atom. The van der Waals surface area contributed by atoms with Crippen LogP contribution >= 0.6 is 0 Å². The molecule has 2 aliphatic heterocycles. The zero-order chi connectivity index (χ0) is 40.4. The van der Waals surface area contributed by atoms with E-state index in [-0.39, 0.29) is 47.3 Å². The molecule has 2 aromatic heterocycles. The first-order valence-corrected chi connectivity index (χ1v) is 18.0. The van der Waals surface area contributed by atoms with Crippen LogP contribution in [0.5, 0.6) is 5.75 Å². The Balaban J connectivity index is 1.10. The lowest BCUT2D eigenvalue weighted by atomic mass is 9.91. The van der Waals surface area contributed by atoms with Crippen LogP contribution in [0.4, 0.5) is 22.0 Å². The quantitative estimate of drug-likeness (QED) is 0.129. The van der Waals surface area contributed by atoms with E-state index in [1.54, 1.807) is 23.1 Å². The summed E-state index contributed by atoms with van der Waals surface area (Å²) < 4.78 is 83.6. The van der Waals surface area contributed by atoms with Crippen molar-refractivity contribution < 1.29 is 50.5 Å². The normalized spacial score (nSPS) is 17.4. The predicted molar refractivity (Wildman–Crippen MR) is 196 cm³/mol. The molecule has 2 saturated heterocycles. The molecule has 57 heavy (non-hydrogen) atoms. The van der Waals surface area contributed by atoms with Gasteiger partial charge in [-0.1, -0.05) is 24.3 Å². The standard InChI is InChI=1S/C41H34F5N5O6/c1-21-26(6-3-8-28(21)36-48-30-14-25(18-51-11-5-10-32(51)38(52)53)33(56-39(42)43)15-34(30)55-36)27-7-4-9-29(22(27)2)37-49-31-13-23(12-24(16-47)35(31)57-37)17-50-19-40(54,20-50)41(44,45)46/h3-4,6-9,12-15,32,39,54H,5,10-11,17-20H2,1-2H3,(H,52,53)/t32-/m0/s1. The Kier molecular flexibility index (Phi) is 9.50. The molecule has 0 saturated carbocycles. The lowest BCUT2D eigenvalue weighted by Gasteiger charge is -2.47. The van der Waals surface area contributed by atoms with Crippen LogP contribution < -0.4 is 4.74 Å². The van der Waals surface area contributed by atoms with Crippen LogP contribution in [0.3, 0.4) is 0 Å². The van der Waals surface area contributed by atoms with Gasteiger partial charge in [0.15, 0.2) is 16.8 Å². The highest BCUT2D eigenvalue weighted by Gasteiger charge is 2.60. The summed E-state index contributed by atoms with van der Waals surface area (Å²) in [6, 6.07) is 18.7. The Labute approximate surface area is 321 Å². The molecule has 0 radical (unpaired) electrons. The minimum absolute atomic E-state index is 0.0764. The van der Waals surface area contributed by atoms with Gasteiger partial charge in [0, 0.05) is 48.9 Å². The van der Waals surface area contributed by atoms with Gasteiger partial charge in [-0.25, -0.2) is 9.97 Å². The highest BCUT2D eigenvalue weighted by atomic mass is 19.4. The predicted octanol–water partition coefficient (Wildman–Crippen LogP) is 8.22. The first kappa shape index (κ1) is 38.0. The van der Waals surface area contributed by atoms with Crippen LogP contribution in [-0.4, -0.2) is 80.0 Å². The third-order valence-electron chi connectivity index (χ3n) is 10.8. The Morgan fingerprint density at radius 1 is 0.965 bits per heavy atom. The van der Waals surface area contributed by atoms with E-state index in [1.807, 2.05) is 50.2 Å². The second kappa shape index (κ2) is 14.2. The molecule has 4 heterocycles. The molecule has 2 fully saturated rings. The monoisotopic (exact) mass is 787 g/mol. The molecule has 0 aliphatic carbocycles. The van der Waals surface area contributed by atoms with Gasteiger partial charge in [-0.05, 0) is 91.4 Å². The number of fused-ring (bicyclic) bond motifs is 2. The molecule has 11 nitrogen and oxygen atoms in total. The van der Waals surface area contributed by atoms with Crippen molar-refractivity contribution in [3.8, 4) is 45.9 Å². The van der Waals surface area contributed by atoms with Crippen LogP contribution in [0.2, 0.25) is 0 Å². The van der Waals surface area contributed by atoms with Gasteiger partial charge in [0.1, 0.15) is 28.9 Å². The maximum absolute atomic E-state index is 13.5. The summed E-state index contributed by atoms with van der Waals surface area (Å²) in [5, 5.41) is 29.4. The van der Waals surface area contributed by atoms with Crippen molar-refractivity contribution in [1.29, 1.82) is 5.26 Å². The van der Waals surface area contributed by atoms with Gasteiger partial charge in [-0.3, -0.25) is 14.6 Å². The van der Waals surface area contributed by atoms with Crippen molar-refractivity contribution >= 4 is 28.2 Å². The van der Waals surface area contributed by atoms with Gasteiger partial charge >= 0.3 is 18.8 Å². The van der Waals surface area contributed by atoms with Gasteiger partial charge in [0.25, 0.3) is 0 Å². The number of hydrogen-bond donors (Lipinski definition) is 2. The lowest BCUT2D eigenvalue weighted by molar-refractivity contribution is -0.302. The minimum Gasteiger partial charge on any atom is -0.480 e. The molecule has 8 rings (SSSR count). The minimum atomic E-state index is -4.74. The summed E-state index contributed by atoms with van der Waals surface area (Å²) in [6.07, 6.45) is -3.62. The number of nitrogens with zero attached hydrogens (tertiary/aromatic N) is 5. The molecule has 2 aliphatic rings. The van der Waals surface area contributed by atoms with E-state index in [2.05, 4.69) is 11.1 Å². The first-order chi connectivity index (χ1) is 27.1. The molecule has 294 valence electrons. The summed E-state index contributed by atoms with van der Waals surface area (Å²) in [5.41, 5.74) is 4.05. The molecule has 0 bridgehead atoms. The summed E-state index contributed by atoms with van der Waals surface area (Å²) in [7, 11) is 0. The van der Waals surface area contributed by atoms with Crippen LogP contribution in [0.1, 0.15) is 40.7 Å². The number of aliphatic hydroxyl groups is 1. The molecule has 2 N–H and O–H groups in total.